The highest BCUT2D eigenvalue weighted by atomic mass is 19.1. The van der Waals surface area contributed by atoms with E-state index in [0.29, 0.717) is 28.2 Å². The van der Waals surface area contributed by atoms with Gasteiger partial charge in [-0.05, 0) is 61.4 Å². The molecular weight excluding hydrogens is 393 g/mol. The van der Waals surface area contributed by atoms with Gasteiger partial charge < -0.3 is 4.42 Å². The van der Waals surface area contributed by atoms with Crippen molar-refractivity contribution < 1.29 is 8.81 Å². The van der Waals surface area contributed by atoms with Crippen LogP contribution >= 0.6 is 0 Å². The Bertz CT molecular complexity index is 1300. The molecule has 4 aromatic rings. The van der Waals surface area contributed by atoms with Gasteiger partial charge in [0.2, 0.25) is 0 Å². The Balaban J connectivity index is 1.53. The van der Waals surface area contributed by atoms with Crippen molar-refractivity contribution in [3.63, 3.8) is 0 Å². The average Bonchev–Trinajstić information content (AvgIpc) is 3.28. The van der Waals surface area contributed by atoms with E-state index in [9.17, 15) is 9.18 Å². The quantitative estimate of drug-likeness (QED) is 0.400. The molecule has 0 radical (unpaired) electrons. The summed E-state index contributed by atoms with van der Waals surface area (Å²) in [7, 11) is 0. The zero-order valence-electron chi connectivity index (χ0n) is 17.0. The molecule has 1 fully saturated rings. The van der Waals surface area contributed by atoms with E-state index in [1.165, 1.54) is 29.4 Å². The summed E-state index contributed by atoms with van der Waals surface area (Å²) in [6.45, 7) is 0. The minimum Gasteiger partial charge on any atom is -0.455 e. The highest BCUT2D eigenvalue weighted by Gasteiger charge is 2.22. The molecule has 1 saturated carbocycles. The lowest BCUT2D eigenvalue weighted by Gasteiger charge is -2.22. The first-order valence-corrected chi connectivity index (χ1v) is 10.6. The van der Waals surface area contributed by atoms with Gasteiger partial charge in [0, 0.05) is 11.5 Å². The van der Waals surface area contributed by atoms with Crippen LogP contribution in [0.4, 0.5) is 4.39 Å². The summed E-state index contributed by atoms with van der Waals surface area (Å²) < 4.78 is 20.4. The predicted molar refractivity (Wildman–Crippen MR) is 119 cm³/mol. The fraction of sp³-hybridized carbons (Fsp3) is 0.240. The van der Waals surface area contributed by atoms with Crippen molar-refractivity contribution in [1.82, 2.24) is 9.66 Å². The van der Waals surface area contributed by atoms with Crippen LogP contribution < -0.4 is 5.56 Å². The van der Waals surface area contributed by atoms with E-state index in [1.54, 1.807) is 30.3 Å². The van der Waals surface area contributed by atoms with E-state index in [0.717, 1.165) is 31.2 Å². The van der Waals surface area contributed by atoms with Gasteiger partial charge in [-0.25, -0.2) is 9.37 Å². The van der Waals surface area contributed by atoms with Crippen LogP contribution in [0.5, 0.6) is 0 Å². The van der Waals surface area contributed by atoms with E-state index in [2.05, 4.69) is 5.10 Å². The summed E-state index contributed by atoms with van der Waals surface area (Å²) in [5.41, 5.74) is 1.30. The topological polar surface area (TPSA) is 60.4 Å². The van der Waals surface area contributed by atoms with Crippen molar-refractivity contribution in [2.24, 2.45) is 5.10 Å². The summed E-state index contributed by atoms with van der Waals surface area (Å²) in [5.74, 6) is 1.75. The number of fused-ring (bicyclic) bond motifs is 1. The van der Waals surface area contributed by atoms with Crippen molar-refractivity contribution in [1.29, 1.82) is 0 Å². The second-order valence-electron chi connectivity index (χ2n) is 7.89. The van der Waals surface area contributed by atoms with E-state index in [1.807, 2.05) is 18.2 Å². The third kappa shape index (κ3) is 3.93. The van der Waals surface area contributed by atoms with Crippen molar-refractivity contribution in [3.8, 4) is 11.3 Å². The maximum atomic E-state index is 13.2. The molecular formula is C25H22FN3O2. The fourth-order valence-corrected chi connectivity index (χ4v) is 4.18. The number of furan rings is 1. The molecule has 0 spiro atoms. The number of hydrogen-bond acceptors (Lipinski definition) is 4. The monoisotopic (exact) mass is 415 g/mol. The third-order valence-corrected chi connectivity index (χ3v) is 5.81. The molecule has 0 unspecified atom stereocenters. The molecule has 2 aromatic carbocycles. The standard InChI is InChI=1S/C25H22FN3O2/c26-19-12-10-17(11-13-19)23-15-14-20(31-23)16-27-29-24(18-6-2-1-3-7-18)28-22-9-5-4-8-21(22)25(29)30/h4-5,8-16,18H,1-3,6-7H2. The molecule has 2 heterocycles. The minimum absolute atomic E-state index is 0.173. The smallest absolute Gasteiger partial charge is 0.282 e. The Hall–Kier alpha value is -3.54. The second kappa shape index (κ2) is 8.30. The van der Waals surface area contributed by atoms with Gasteiger partial charge in [0.25, 0.3) is 5.56 Å². The molecule has 0 aliphatic heterocycles. The lowest BCUT2D eigenvalue weighted by Crippen LogP contribution is -2.25. The summed E-state index contributed by atoms with van der Waals surface area (Å²) in [6, 6.07) is 17.1. The SMILES string of the molecule is O=c1c2ccccc2nc(C2CCCCC2)n1N=Cc1ccc(-c2ccc(F)cc2)o1. The Morgan fingerprint density at radius 1 is 1.00 bits per heavy atom. The van der Waals surface area contributed by atoms with Gasteiger partial charge in [-0.2, -0.15) is 9.78 Å². The first kappa shape index (κ1) is 19.4. The lowest BCUT2D eigenvalue weighted by atomic mass is 9.88. The van der Waals surface area contributed by atoms with Crippen molar-refractivity contribution in [2.75, 3.05) is 0 Å². The predicted octanol–water partition coefficient (Wildman–Crippen LogP) is 5.73. The number of benzene rings is 2. The van der Waals surface area contributed by atoms with Crippen LogP contribution in [0.1, 0.15) is 49.6 Å². The van der Waals surface area contributed by atoms with Gasteiger partial charge in [0.05, 0.1) is 17.1 Å². The summed E-state index contributed by atoms with van der Waals surface area (Å²) in [5, 5.41) is 5.03. The van der Waals surface area contributed by atoms with Crippen LogP contribution in [0, 0.1) is 5.82 Å². The van der Waals surface area contributed by atoms with Crippen molar-refractivity contribution in [3.05, 3.63) is 88.4 Å². The molecule has 0 bridgehead atoms. The van der Waals surface area contributed by atoms with Crippen LogP contribution in [0.2, 0.25) is 0 Å². The number of rotatable bonds is 4. The largest absolute Gasteiger partial charge is 0.455 e. The maximum Gasteiger partial charge on any atom is 0.282 e. The first-order chi connectivity index (χ1) is 15.2. The molecule has 0 saturated heterocycles. The highest BCUT2D eigenvalue weighted by Crippen LogP contribution is 2.31. The molecule has 0 N–H and O–H groups in total. The van der Waals surface area contributed by atoms with Gasteiger partial charge in [0.15, 0.2) is 0 Å². The van der Waals surface area contributed by atoms with Crippen LogP contribution in [0.3, 0.4) is 0 Å². The second-order valence-corrected chi connectivity index (χ2v) is 7.89. The van der Waals surface area contributed by atoms with Gasteiger partial charge in [-0.15, -0.1) is 0 Å². The van der Waals surface area contributed by atoms with Gasteiger partial charge in [0.1, 0.15) is 23.2 Å². The van der Waals surface area contributed by atoms with Gasteiger partial charge in [-0.1, -0.05) is 31.4 Å². The van der Waals surface area contributed by atoms with Crippen LogP contribution in [0.25, 0.3) is 22.2 Å². The summed E-state index contributed by atoms with van der Waals surface area (Å²) in [6.07, 6.45) is 7.05. The van der Waals surface area contributed by atoms with Crippen LogP contribution in [-0.2, 0) is 0 Å². The fourth-order valence-electron chi connectivity index (χ4n) is 4.18. The Morgan fingerprint density at radius 3 is 2.58 bits per heavy atom. The van der Waals surface area contributed by atoms with Crippen molar-refractivity contribution >= 4 is 17.1 Å². The van der Waals surface area contributed by atoms with E-state index in [4.69, 9.17) is 9.40 Å². The molecule has 5 nitrogen and oxygen atoms in total. The van der Waals surface area contributed by atoms with E-state index in [-0.39, 0.29) is 17.3 Å². The number of para-hydroxylation sites is 1. The Kier molecular flexibility index (Phi) is 5.20. The molecule has 6 heteroatoms. The molecule has 0 atom stereocenters. The zero-order valence-corrected chi connectivity index (χ0v) is 17.0. The first-order valence-electron chi connectivity index (χ1n) is 10.6. The van der Waals surface area contributed by atoms with E-state index < -0.39 is 0 Å². The summed E-state index contributed by atoms with van der Waals surface area (Å²) in [4.78, 5) is 18.0. The molecule has 2 aromatic heterocycles. The molecule has 1 aliphatic carbocycles. The number of hydrogen-bond donors (Lipinski definition) is 0. The lowest BCUT2D eigenvalue weighted by molar-refractivity contribution is 0.416. The Morgan fingerprint density at radius 2 is 1.77 bits per heavy atom. The van der Waals surface area contributed by atoms with Crippen LogP contribution in [-0.4, -0.2) is 15.9 Å². The summed E-state index contributed by atoms with van der Waals surface area (Å²) >= 11 is 0. The molecule has 5 rings (SSSR count). The van der Waals surface area contributed by atoms with Crippen molar-refractivity contribution in [2.45, 2.75) is 38.0 Å². The normalized spacial score (nSPS) is 15.1. The minimum atomic E-state index is -0.296. The zero-order chi connectivity index (χ0) is 21.2. The number of nitrogens with zero attached hydrogens (tertiary/aromatic N) is 3. The van der Waals surface area contributed by atoms with Gasteiger partial charge in [-0.3, -0.25) is 4.79 Å². The maximum absolute atomic E-state index is 13.2. The molecule has 31 heavy (non-hydrogen) atoms. The average molecular weight is 415 g/mol. The number of aromatic nitrogens is 2. The number of halogens is 1. The van der Waals surface area contributed by atoms with E-state index >= 15 is 0 Å². The van der Waals surface area contributed by atoms with Gasteiger partial charge >= 0.3 is 0 Å². The molecule has 0 amide bonds. The third-order valence-electron chi connectivity index (χ3n) is 5.81. The molecule has 1 aliphatic rings. The molecule has 156 valence electrons. The Labute approximate surface area is 178 Å². The van der Waals surface area contributed by atoms with Crippen LogP contribution in [0.15, 0.2) is 75.0 Å². The highest BCUT2D eigenvalue weighted by molar-refractivity contribution is 5.79.